The number of benzene rings is 8. The van der Waals surface area contributed by atoms with Crippen molar-refractivity contribution in [3.05, 3.63) is 214 Å². The van der Waals surface area contributed by atoms with Gasteiger partial charge in [0.2, 0.25) is 0 Å². The number of hydrogen-bond acceptors (Lipinski definition) is 10. The number of nitrogens with one attached hydrogen (secondary N) is 3. The molecular weight excluding hydrogens is 1140 g/mol. The lowest BCUT2D eigenvalue weighted by molar-refractivity contribution is 0.0537. The number of H-pyrrole nitrogens is 2. The Morgan fingerprint density at radius 3 is 1.29 bits per heavy atom. The number of aromatic amines is 2. The minimum absolute atomic E-state index is 0.0593. The van der Waals surface area contributed by atoms with E-state index in [-0.39, 0.29) is 23.5 Å². The van der Waals surface area contributed by atoms with Gasteiger partial charge in [-0.2, -0.15) is 0 Å². The van der Waals surface area contributed by atoms with Crippen molar-refractivity contribution in [2.75, 3.05) is 74.0 Å². The van der Waals surface area contributed by atoms with Crippen LogP contribution in [0.3, 0.4) is 0 Å². The predicted molar refractivity (Wildman–Crippen MR) is 367 cm³/mol. The molecule has 10 aromatic rings. The van der Waals surface area contributed by atoms with Gasteiger partial charge in [0, 0.05) is 91.9 Å². The van der Waals surface area contributed by atoms with Crippen LogP contribution in [0.4, 0.5) is 11.4 Å². The van der Waals surface area contributed by atoms with E-state index in [0.29, 0.717) is 41.5 Å². The quantitative estimate of drug-likeness (QED) is 0.0711. The molecule has 2 aromatic heterocycles. The summed E-state index contributed by atoms with van der Waals surface area (Å²) in [6.45, 7) is 5.21. The second-order valence-corrected chi connectivity index (χ2v) is 25.8. The van der Waals surface area contributed by atoms with Crippen molar-refractivity contribution < 1.29 is 19.2 Å². The molecule has 0 aliphatic carbocycles. The Balaban J connectivity index is 0.526. The first-order valence-electron chi connectivity index (χ1n) is 32.3. The lowest BCUT2D eigenvalue weighted by Crippen LogP contribution is -2.44. The molecule has 6 heterocycles. The van der Waals surface area contributed by atoms with Crippen molar-refractivity contribution in [2.24, 2.45) is 21.8 Å². The van der Waals surface area contributed by atoms with Gasteiger partial charge in [-0.15, -0.1) is 0 Å². The van der Waals surface area contributed by atoms with Crippen molar-refractivity contribution in [3.63, 3.8) is 0 Å². The molecule has 0 bridgehead atoms. The molecule has 0 radical (unpaired) electrons. The van der Waals surface area contributed by atoms with E-state index in [2.05, 4.69) is 80.8 Å². The van der Waals surface area contributed by atoms with Crippen molar-refractivity contribution in [3.8, 4) is 45.0 Å². The van der Waals surface area contributed by atoms with Crippen LogP contribution >= 0.6 is 0 Å². The van der Waals surface area contributed by atoms with Gasteiger partial charge in [0.25, 0.3) is 17.7 Å². The van der Waals surface area contributed by atoms with Crippen LogP contribution in [0.5, 0.6) is 0 Å². The summed E-state index contributed by atoms with van der Waals surface area (Å²) in [6.07, 6.45) is 6.70. The highest BCUT2D eigenvalue weighted by molar-refractivity contribution is 6.09. The number of piperidine rings is 2. The second-order valence-electron chi connectivity index (χ2n) is 25.8. The van der Waals surface area contributed by atoms with Crippen molar-refractivity contribution in [1.82, 2.24) is 44.9 Å². The number of nitrogens with zero attached hydrogens (tertiary/aromatic N) is 8. The zero-order valence-corrected chi connectivity index (χ0v) is 52.6. The van der Waals surface area contributed by atoms with E-state index in [4.69, 9.17) is 20.0 Å². The normalized spacial score (nSPS) is 15.1. The van der Waals surface area contributed by atoms with E-state index < -0.39 is 0 Å². The SMILES string of the molecule is CN(C)CCCC(=O)c1ccc(-c2nc3ccc(-c4ccc5nc(-c6ccc(C(=O)N7CCC(C8CCN(C(=O)c9ccc(C%10=Nc%11ccc(-c%12ccc%13c(c%12)CC(c%12ccc(C(=O)NCCN(C)C)cc%12)=N%13)cc%11C%10)cc9)CC8)CC7)cc6)[nH]c5c4)cc3[nH]2)cc1. The number of hydrogen-bond donors (Lipinski definition) is 3. The fraction of sp³-hybridized carbons (Fsp3) is 0.273. The van der Waals surface area contributed by atoms with Crippen LogP contribution < -0.4 is 5.32 Å². The third-order valence-electron chi connectivity index (χ3n) is 19.0. The smallest absolute Gasteiger partial charge is 0.253 e. The average molecular weight is 1220 g/mol. The average Bonchev–Trinajstić information content (AvgIpc) is 1.93. The molecule has 15 nitrogen and oxygen atoms in total. The number of aliphatic imine (C=N–C) groups is 2. The van der Waals surface area contributed by atoms with E-state index in [1.54, 1.807) is 0 Å². The highest BCUT2D eigenvalue weighted by Gasteiger charge is 2.33. The Morgan fingerprint density at radius 1 is 0.457 bits per heavy atom. The molecule has 15 heteroatoms. The van der Waals surface area contributed by atoms with Crippen LogP contribution in [0.15, 0.2) is 180 Å². The van der Waals surface area contributed by atoms with Crippen LogP contribution in [-0.4, -0.2) is 148 Å². The molecule has 0 atom stereocenters. The van der Waals surface area contributed by atoms with Crippen molar-refractivity contribution in [2.45, 2.75) is 51.4 Å². The van der Waals surface area contributed by atoms with Gasteiger partial charge in [-0.1, -0.05) is 84.9 Å². The third kappa shape index (κ3) is 12.7. The van der Waals surface area contributed by atoms with Gasteiger partial charge >= 0.3 is 0 Å². The fourth-order valence-corrected chi connectivity index (χ4v) is 13.7. The molecule has 0 unspecified atom stereocenters. The van der Waals surface area contributed by atoms with Gasteiger partial charge in [-0.05, 0) is 208 Å². The molecule has 2 saturated heterocycles. The van der Waals surface area contributed by atoms with E-state index in [1.165, 1.54) is 11.1 Å². The summed E-state index contributed by atoms with van der Waals surface area (Å²) < 4.78 is 0. The highest BCUT2D eigenvalue weighted by Crippen LogP contribution is 2.39. The first kappa shape index (κ1) is 59.7. The summed E-state index contributed by atoms with van der Waals surface area (Å²) in [5.74, 6) is 2.79. The number of imidazole rings is 2. The van der Waals surface area contributed by atoms with Crippen LogP contribution in [0.25, 0.3) is 67.1 Å². The maximum Gasteiger partial charge on any atom is 0.253 e. The summed E-state index contributed by atoms with van der Waals surface area (Å²) in [4.78, 5) is 88.1. The van der Waals surface area contributed by atoms with E-state index in [1.807, 2.05) is 152 Å². The van der Waals surface area contributed by atoms with Crippen LogP contribution in [0.2, 0.25) is 0 Å². The maximum absolute atomic E-state index is 13.9. The van der Waals surface area contributed by atoms with Gasteiger partial charge in [0.05, 0.1) is 44.9 Å². The summed E-state index contributed by atoms with van der Waals surface area (Å²) in [6, 6.07) is 56.7. The summed E-state index contributed by atoms with van der Waals surface area (Å²) in [5, 5.41) is 2.98. The molecule has 92 heavy (non-hydrogen) atoms. The molecule has 2 fully saturated rings. The number of carbonyl (C=O) groups excluding carboxylic acids is 4. The lowest BCUT2D eigenvalue weighted by Gasteiger charge is -2.40. The van der Waals surface area contributed by atoms with Gasteiger partial charge in [-0.25, -0.2) is 9.97 Å². The van der Waals surface area contributed by atoms with Crippen LogP contribution in [-0.2, 0) is 12.8 Å². The lowest BCUT2D eigenvalue weighted by atomic mass is 9.78. The minimum atomic E-state index is -0.0696. The minimum Gasteiger partial charge on any atom is -0.351 e. The standard InChI is InChI=1S/C77H75N11O4/c1-85(2)36-5-6-72(89)52-11-13-53(14-12-52)73-81-66-29-25-60(44-70(66)83-73)61-26-30-67-71(45-61)84-74(82-67)54-15-21-57(22-16-54)77(92)88-39-33-49(34-40-88)48-31-37-87(38-32-48)76(91)56-19-9-51(10-20-56)69-47-63-43-59(24-28-65(63)80-69)58-23-27-64-62(42-58)46-68(79-64)50-7-17-55(18-8-50)75(90)78-35-41-86(3)4/h7-30,42-45,48-49H,5-6,31-41,46-47H2,1-4H3,(H,78,90)(H,81,83)(H,82,84). The molecular formula is C77H75N11O4. The molecule has 0 spiro atoms. The summed E-state index contributed by atoms with van der Waals surface area (Å²) in [5.41, 5.74) is 20.9. The first-order valence-corrected chi connectivity index (χ1v) is 32.3. The molecule has 3 amide bonds. The second kappa shape index (κ2) is 25.7. The number of fused-ring (bicyclic) bond motifs is 4. The van der Waals surface area contributed by atoms with Gasteiger partial charge in [0.1, 0.15) is 11.6 Å². The Morgan fingerprint density at radius 2 is 0.848 bits per heavy atom. The van der Waals surface area contributed by atoms with E-state index in [9.17, 15) is 19.2 Å². The Labute approximate surface area is 536 Å². The fourth-order valence-electron chi connectivity index (χ4n) is 13.7. The summed E-state index contributed by atoms with van der Waals surface area (Å²) >= 11 is 0. The van der Waals surface area contributed by atoms with E-state index in [0.717, 1.165) is 191 Å². The summed E-state index contributed by atoms with van der Waals surface area (Å²) in [7, 11) is 8.01. The van der Waals surface area contributed by atoms with Crippen LogP contribution in [0.1, 0.15) is 102 Å². The molecule has 8 aromatic carbocycles. The number of carbonyl (C=O) groups is 4. The molecule has 14 rings (SSSR count). The predicted octanol–water partition coefficient (Wildman–Crippen LogP) is 13.7. The van der Waals surface area contributed by atoms with Gasteiger partial charge in [-0.3, -0.25) is 29.2 Å². The number of aromatic nitrogens is 4. The Kier molecular flexibility index (Phi) is 16.7. The molecule has 0 saturated carbocycles. The number of amides is 3. The van der Waals surface area contributed by atoms with Crippen molar-refractivity contribution >= 4 is 68.4 Å². The number of ketones is 1. The number of likely N-dealkylation sites (N-methyl/N-ethyl adjacent to an activating group) is 1. The first-order chi connectivity index (χ1) is 44.8. The Hall–Kier alpha value is -9.96. The molecule has 3 N–H and O–H groups in total. The monoisotopic (exact) mass is 1220 g/mol. The number of Topliss-reactive ketones (excluding diaryl/α,β-unsaturated/α-hetero) is 1. The number of rotatable bonds is 18. The zero-order valence-electron chi connectivity index (χ0n) is 52.6. The topological polar surface area (TPSA) is 175 Å². The van der Waals surface area contributed by atoms with Crippen molar-refractivity contribution in [1.29, 1.82) is 0 Å². The van der Waals surface area contributed by atoms with Gasteiger partial charge in [0.15, 0.2) is 5.78 Å². The molecule has 462 valence electrons. The number of likely N-dealkylation sites (tertiary alicyclic amines) is 2. The molecule has 4 aliphatic rings. The van der Waals surface area contributed by atoms with Crippen LogP contribution in [0, 0.1) is 11.8 Å². The zero-order chi connectivity index (χ0) is 63.0. The highest BCUT2D eigenvalue weighted by atomic mass is 16.2. The Bertz CT molecular complexity index is 4500. The third-order valence-corrected chi connectivity index (χ3v) is 19.0. The largest absolute Gasteiger partial charge is 0.351 e. The maximum atomic E-state index is 13.9. The van der Waals surface area contributed by atoms with E-state index >= 15 is 0 Å². The van der Waals surface area contributed by atoms with Gasteiger partial charge < -0.3 is 34.9 Å². The molecule has 4 aliphatic heterocycles.